The van der Waals surface area contributed by atoms with Crippen LogP contribution < -0.4 is 5.32 Å². The molecule has 28 heavy (non-hydrogen) atoms. The van der Waals surface area contributed by atoms with Crippen LogP contribution in [-0.4, -0.2) is 55.6 Å². The molecule has 162 valence electrons. The van der Waals surface area contributed by atoms with Crippen molar-refractivity contribution in [1.29, 1.82) is 0 Å². The minimum absolute atomic E-state index is 0.0189. The highest BCUT2D eigenvalue weighted by atomic mass is 28.4. The van der Waals surface area contributed by atoms with E-state index in [9.17, 15) is 4.79 Å². The van der Waals surface area contributed by atoms with Gasteiger partial charge in [0.05, 0.1) is 0 Å². The maximum atomic E-state index is 11.0. The van der Waals surface area contributed by atoms with Crippen LogP contribution in [0.4, 0.5) is 4.79 Å². The molecule has 0 aliphatic heterocycles. The molecule has 0 aliphatic carbocycles. The molecule has 0 aliphatic rings. The van der Waals surface area contributed by atoms with Gasteiger partial charge < -0.3 is 24.3 Å². The first kappa shape index (κ1) is 28.7. The number of nitrogens with one attached hydrogen (secondary N) is 1. The summed E-state index contributed by atoms with van der Waals surface area (Å²) in [5.74, 6) is 2.23. The average molecular weight is 430 g/mol. The fraction of sp³-hybridized carbons (Fsp3) is 0.789. The van der Waals surface area contributed by atoms with Gasteiger partial charge in [-0.1, -0.05) is 18.9 Å². The maximum absolute atomic E-state index is 11.0. The van der Waals surface area contributed by atoms with E-state index in [1.165, 1.54) is 0 Å². The van der Waals surface area contributed by atoms with Gasteiger partial charge in [0, 0.05) is 19.8 Å². The van der Waals surface area contributed by atoms with Crippen LogP contribution in [0.25, 0.3) is 10.4 Å². The first-order valence-corrected chi connectivity index (χ1v) is 16.1. The summed E-state index contributed by atoms with van der Waals surface area (Å²) < 4.78 is 16.0. The summed E-state index contributed by atoms with van der Waals surface area (Å²) in [6, 6.07) is 2.15. The van der Waals surface area contributed by atoms with E-state index in [0.717, 1.165) is 44.7 Å². The third kappa shape index (κ3) is 20.8. The van der Waals surface area contributed by atoms with E-state index >= 15 is 0 Å². The second kappa shape index (κ2) is 17.6. The van der Waals surface area contributed by atoms with E-state index in [-0.39, 0.29) is 6.61 Å². The van der Waals surface area contributed by atoms with Crippen LogP contribution in [0.3, 0.4) is 0 Å². The molecular weight excluding hydrogens is 390 g/mol. The van der Waals surface area contributed by atoms with Crippen LogP contribution in [0.5, 0.6) is 0 Å². The number of carbonyl (C=O) groups is 1. The lowest BCUT2D eigenvalue weighted by molar-refractivity contribution is 0.160. The van der Waals surface area contributed by atoms with Crippen molar-refractivity contribution in [1.82, 2.24) is 5.32 Å². The van der Waals surface area contributed by atoms with E-state index in [1.807, 2.05) is 13.8 Å². The average Bonchev–Trinajstić information content (AvgIpc) is 2.61. The molecule has 0 rings (SSSR count). The minimum atomic E-state index is -1.53. The lowest BCUT2D eigenvalue weighted by atomic mass is 10.5. The SMILES string of the molecule is C#CCOC(=O)NCCC[Si](C)(C)OCC.C#[N+][N-]CCC[Si](C)(C)OCC. The molecule has 0 radical (unpaired) electrons. The van der Waals surface area contributed by atoms with Gasteiger partial charge in [0.25, 0.3) is 6.57 Å². The Bertz CT molecular complexity index is 489. The number of carbonyl (C=O) groups excluding carboxylic acids is 1. The van der Waals surface area contributed by atoms with Crippen LogP contribution in [0.1, 0.15) is 26.7 Å². The highest BCUT2D eigenvalue weighted by molar-refractivity contribution is 6.71. The Labute approximate surface area is 173 Å². The molecular formula is C19H39N3O4Si2. The molecule has 0 saturated carbocycles. The molecule has 9 heteroatoms. The molecule has 0 bridgehead atoms. The first-order valence-electron chi connectivity index (χ1n) is 9.82. The van der Waals surface area contributed by atoms with Crippen molar-refractivity contribution in [3.05, 3.63) is 10.4 Å². The molecule has 7 nitrogen and oxygen atoms in total. The fourth-order valence-electron chi connectivity index (χ4n) is 2.42. The van der Waals surface area contributed by atoms with Crippen molar-refractivity contribution in [2.45, 2.75) is 65.0 Å². The van der Waals surface area contributed by atoms with Crippen LogP contribution in [-0.2, 0) is 13.6 Å². The van der Waals surface area contributed by atoms with E-state index < -0.39 is 22.7 Å². The van der Waals surface area contributed by atoms with Gasteiger partial charge in [-0.3, -0.25) is 0 Å². The topological polar surface area (TPSA) is 75.3 Å². The normalized spacial score (nSPS) is 10.7. The van der Waals surface area contributed by atoms with Crippen molar-refractivity contribution < 1.29 is 18.4 Å². The third-order valence-electron chi connectivity index (χ3n) is 3.70. The lowest BCUT2D eigenvalue weighted by Crippen LogP contribution is -2.32. The number of alkyl carbamates (subject to hydrolysis) is 1. The zero-order valence-electron chi connectivity index (χ0n) is 18.5. The van der Waals surface area contributed by atoms with Crippen LogP contribution in [0.2, 0.25) is 38.3 Å². The van der Waals surface area contributed by atoms with E-state index in [1.54, 1.807) is 0 Å². The highest BCUT2D eigenvalue weighted by Crippen LogP contribution is 2.14. The minimum Gasteiger partial charge on any atom is -0.436 e. The molecule has 0 heterocycles. The second-order valence-corrected chi connectivity index (χ2v) is 15.9. The standard InChI is InChI=1S/C11H21NO3Si.C8H18N2OSi/c1-5-9-14-11(13)12-8-7-10-16(3,4)15-6-2;1-5-11-12(3,4)8-6-7-10-9-2/h1H,6-10H2,2-4H3,(H,12,13);2H,5-8H2,1,3-4H3. The Morgan fingerprint density at radius 1 is 1.07 bits per heavy atom. The third-order valence-corrected chi connectivity index (χ3v) is 8.96. The van der Waals surface area contributed by atoms with Gasteiger partial charge in [0.15, 0.2) is 23.2 Å². The zero-order chi connectivity index (χ0) is 21.9. The van der Waals surface area contributed by atoms with Crippen molar-refractivity contribution >= 4 is 22.7 Å². The maximum Gasteiger partial charge on any atom is 0.408 e. The predicted molar refractivity (Wildman–Crippen MR) is 122 cm³/mol. The number of nitrogens with zero attached hydrogens (tertiary/aromatic N) is 2. The quantitative estimate of drug-likeness (QED) is 0.197. The molecule has 0 unspecified atom stereocenters. The van der Waals surface area contributed by atoms with Crippen molar-refractivity contribution in [3.8, 4) is 18.9 Å². The molecule has 0 spiro atoms. The molecule has 1 N–H and O–H groups in total. The Kier molecular flexibility index (Phi) is 18.0. The van der Waals surface area contributed by atoms with Crippen molar-refractivity contribution in [3.63, 3.8) is 0 Å². The van der Waals surface area contributed by atoms with Gasteiger partial charge in [0.2, 0.25) is 0 Å². The van der Waals surface area contributed by atoms with Crippen LogP contribution in [0.15, 0.2) is 0 Å². The smallest absolute Gasteiger partial charge is 0.408 e. The molecule has 0 fully saturated rings. The summed E-state index contributed by atoms with van der Waals surface area (Å²) >= 11 is 0. The molecule has 0 aromatic carbocycles. The molecule has 0 saturated heterocycles. The summed E-state index contributed by atoms with van der Waals surface area (Å²) in [4.78, 5) is 14.2. The Balaban J connectivity index is 0. The number of ether oxygens (including phenoxy) is 1. The zero-order valence-corrected chi connectivity index (χ0v) is 20.5. The van der Waals surface area contributed by atoms with Gasteiger partial charge in [0.1, 0.15) is 0 Å². The lowest BCUT2D eigenvalue weighted by Gasteiger charge is -2.21. The van der Waals surface area contributed by atoms with Crippen molar-refractivity contribution in [2.24, 2.45) is 0 Å². The second-order valence-electron chi connectivity index (χ2n) is 7.28. The summed E-state index contributed by atoms with van der Waals surface area (Å²) in [6.45, 7) is 20.6. The fourth-order valence-corrected chi connectivity index (χ4v) is 6.31. The molecule has 1 amide bonds. The summed E-state index contributed by atoms with van der Waals surface area (Å²) in [6.07, 6.45) is 6.44. The molecule has 0 aromatic heterocycles. The predicted octanol–water partition coefficient (Wildman–Crippen LogP) is 4.85. The number of terminal acetylenes is 1. The summed E-state index contributed by atoms with van der Waals surface area (Å²) in [5, 5.41) is 2.64. The Hall–Kier alpha value is -1.53. The number of amides is 1. The van der Waals surface area contributed by atoms with E-state index in [2.05, 4.69) is 52.5 Å². The van der Waals surface area contributed by atoms with E-state index in [4.69, 9.17) is 21.8 Å². The number of rotatable bonds is 13. The van der Waals surface area contributed by atoms with Crippen molar-refractivity contribution in [2.75, 3.05) is 32.9 Å². The number of hydrogen-bond donors (Lipinski definition) is 1. The highest BCUT2D eigenvalue weighted by Gasteiger charge is 2.21. The monoisotopic (exact) mass is 429 g/mol. The Morgan fingerprint density at radius 2 is 1.61 bits per heavy atom. The van der Waals surface area contributed by atoms with Gasteiger partial charge >= 0.3 is 6.09 Å². The van der Waals surface area contributed by atoms with Crippen LogP contribution >= 0.6 is 0 Å². The summed E-state index contributed by atoms with van der Waals surface area (Å²) in [7, 11) is -2.92. The first-order chi connectivity index (χ1) is 13.1. The summed E-state index contributed by atoms with van der Waals surface area (Å²) in [5.41, 5.74) is 3.70. The van der Waals surface area contributed by atoms with Gasteiger partial charge in [-0.15, -0.1) is 11.4 Å². The van der Waals surface area contributed by atoms with Gasteiger partial charge in [-0.05, 0) is 58.5 Å². The molecule has 0 atom stereocenters. The van der Waals surface area contributed by atoms with E-state index in [0.29, 0.717) is 6.54 Å². The largest absolute Gasteiger partial charge is 0.436 e. The number of hydrogen-bond acceptors (Lipinski definition) is 4. The molecule has 0 aromatic rings. The van der Waals surface area contributed by atoms with Gasteiger partial charge in [-0.25, -0.2) is 4.79 Å². The Morgan fingerprint density at radius 3 is 2.07 bits per heavy atom. The van der Waals surface area contributed by atoms with Crippen LogP contribution in [0, 0.1) is 18.9 Å². The van der Waals surface area contributed by atoms with Gasteiger partial charge in [-0.2, -0.15) is 0 Å².